The number of nitrogens with zero attached hydrogens (tertiary/aromatic N) is 2. The number of allylic oxidation sites excluding steroid dienone is 1. The average Bonchev–Trinajstić information content (AvgIpc) is 3.32. The van der Waals surface area contributed by atoms with Gasteiger partial charge in [-0.1, -0.05) is 49.9 Å². The van der Waals surface area contributed by atoms with E-state index in [0.29, 0.717) is 19.3 Å². The highest BCUT2D eigenvalue weighted by atomic mass is 32.1. The third-order valence-electron chi connectivity index (χ3n) is 6.27. The minimum absolute atomic E-state index is 0.0285. The molecule has 0 spiro atoms. The van der Waals surface area contributed by atoms with E-state index in [2.05, 4.69) is 36.3 Å². The number of nitrogens with one attached hydrogen (secondary N) is 2. The Kier molecular flexibility index (Phi) is 10.1. The topological polar surface area (TPSA) is 112 Å². The molecular weight excluding hydrogens is 484 g/mol. The smallest absolute Gasteiger partial charge is 0.224 e. The number of fused-ring (bicyclic) bond motifs is 1. The van der Waals surface area contributed by atoms with Crippen LogP contribution in [0.25, 0.3) is 10.2 Å². The summed E-state index contributed by atoms with van der Waals surface area (Å²) >= 11 is 1.54. The molecular formula is C29H32N4O3S. The molecule has 0 saturated heterocycles. The molecule has 8 heteroatoms. The third-order valence-corrected chi connectivity index (χ3v) is 7.31. The Hall–Kier alpha value is -3.83. The average molecular weight is 517 g/mol. The van der Waals surface area contributed by atoms with Crippen LogP contribution in [0.3, 0.4) is 0 Å². The zero-order valence-electron chi connectivity index (χ0n) is 21.3. The van der Waals surface area contributed by atoms with Crippen LogP contribution in [0.1, 0.15) is 42.3 Å². The molecule has 0 radical (unpaired) electrons. The molecule has 7 nitrogen and oxygen atoms in total. The van der Waals surface area contributed by atoms with Crippen LogP contribution in [0.2, 0.25) is 0 Å². The molecule has 0 unspecified atom stereocenters. The first-order valence-electron chi connectivity index (χ1n) is 12.4. The molecule has 2 N–H and O–H groups in total. The van der Waals surface area contributed by atoms with Gasteiger partial charge in [0.2, 0.25) is 11.8 Å². The second kappa shape index (κ2) is 13.5. The van der Waals surface area contributed by atoms with Crippen molar-refractivity contribution in [2.45, 2.75) is 51.5 Å². The van der Waals surface area contributed by atoms with Crippen molar-refractivity contribution in [3.63, 3.8) is 0 Å². The maximum absolute atomic E-state index is 13.5. The molecule has 2 amide bonds. The molecule has 37 heavy (non-hydrogen) atoms. The lowest BCUT2D eigenvalue weighted by Crippen LogP contribution is -2.42. The fourth-order valence-electron chi connectivity index (χ4n) is 4.08. The maximum Gasteiger partial charge on any atom is 0.224 e. The van der Waals surface area contributed by atoms with Crippen LogP contribution in [0.5, 0.6) is 0 Å². The monoisotopic (exact) mass is 516 g/mol. The van der Waals surface area contributed by atoms with Gasteiger partial charge in [0, 0.05) is 32.4 Å². The van der Waals surface area contributed by atoms with Crippen molar-refractivity contribution in [1.29, 1.82) is 5.26 Å². The highest BCUT2D eigenvalue weighted by Crippen LogP contribution is 2.26. The number of rotatable bonds is 13. The summed E-state index contributed by atoms with van der Waals surface area (Å²) in [6, 6.07) is 17.3. The highest BCUT2D eigenvalue weighted by molar-refractivity contribution is 7.18. The number of hydrogen-bond donors (Lipinski definition) is 2. The van der Waals surface area contributed by atoms with Crippen molar-refractivity contribution >= 4 is 39.2 Å². The number of benzene rings is 2. The quantitative estimate of drug-likeness (QED) is 0.260. The molecule has 2 atom stereocenters. The normalized spacial score (nSPS) is 12.4. The number of amides is 2. The van der Waals surface area contributed by atoms with Gasteiger partial charge in [0.25, 0.3) is 0 Å². The molecule has 3 rings (SSSR count). The van der Waals surface area contributed by atoms with Gasteiger partial charge in [0.05, 0.1) is 26.7 Å². The second-order valence-electron chi connectivity index (χ2n) is 8.99. The van der Waals surface area contributed by atoms with Crippen LogP contribution in [0.4, 0.5) is 0 Å². The number of aromatic nitrogens is 1. The number of ketones is 1. The number of thiazole rings is 1. The first-order chi connectivity index (χ1) is 17.8. The largest absolute Gasteiger partial charge is 0.359 e. The molecule has 0 fully saturated rings. The summed E-state index contributed by atoms with van der Waals surface area (Å²) < 4.78 is 1.06. The SMILES string of the molecule is C=C(C#N)C(=O)CC[C@H](Cc1ccccc1)NC(=O)[C@@H](CC(=O)NC)Cc1nc2ccc(CC)cc2s1. The van der Waals surface area contributed by atoms with E-state index in [0.717, 1.165) is 27.2 Å². The number of carbonyl (C=O) groups excluding carboxylic acids is 3. The van der Waals surface area contributed by atoms with Crippen LogP contribution in [0.15, 0.2) is 60.7 Å². The Balaban J connectivity index is 1.79. The van der Waals surface area contributed by atoms with Gasteiger partial charge in [-0.2, -0.15) is 5.26 Å². The van der Waals surface area contributed by atoms with E-state index in [4.69, 9.17) is 10.2 Å². The summed E-state index contributed by atoms with van der Waals surface area (Å²) in [5.74, 6) is -1.44. The highest BCUT2D eigenvalue weighted by Gasteiger charge is 2.26. The first-order valence-corrected chi connectivity index (χ1v) is 13.2. The van der Waals surface area contributed by atoms with Crippen molar-refractivity contribution in [1.82, 2.24) is 15.6 Å². The van der Waals surface area contributed by atoms with Crippen molar-refractivity contribution in [3.8, 4) is 6.07 Å². The van der Waals surface area contributed by atoms with Gasteiger partial charge < -0.3 is 10.6 Å². The second-order valence-corrected chi connectivity index (χ2v) is 10.1. The van der Waals surface area contributed by atoms with Crippen molar-refractivity contribution in [2.75, 3.05) is 7.05 Å². The summed E-state index contributed by atoms with van der Waals surface area (Å²) in [7, 11) is 1.55. The lowest BCUT2D eigenvalue weighted by atomic mass is 9.96. The fraction of sp³-hybridized carbons (Fsp3) is 0.345. The molecule has 2 aromatic carbocycles. The van der Waals surface area contributed by atoms with Crippen molar-refractivity contribution in [3.05, 3.63) is 76.8 Å². The third kappa shape index (κ3) is 8.09. The summed E-state index contributed by atoms with van der Waals surface area (Å²) in [6.07, 6.45) is 2.27. The van der Waals surface area contributed by atoms with E-state index in [1.165, 1.54) is 5.56 Å². The van der Waals surface area contributed by atoms with Gasteiger partial charge in [-0.05, 0) is 42.5 Å². The van der Waals surface area contributed by atoms with Gasteiger partial charge >= 0.3 is 0 Å². The van der Waals surface area contributed by atoms with Crippen LogP contribution in [-0.2, 0) is 33.6 Å². The molecule has 0 aliphatic rings. The molecule has 192 valence electrons. The Bertz CT molecular complexity index is 1310. The molecule has 0 aliphatic carbocycles. The molecule has 0 aliphatic heterocycles. The van der Waals surface area contributed by atoms with Gasteiger partial charge in [-0.25, -0.2) is 4.98 Å². The van der Waals surface area contributed by atoms with Crippen LogP contribution in [0, 0.1) is 17.2 Å². The summed E-state index contributed by atoms with van der Waals surface area (Å²) in [5.41, 5.74) is 3.03. The molecule has 0 bridgehead atoms. The Morgan fingerprint density at radius 3 is 2.54 bits per heavy atom. The number of carbonyl (C=O) groups is 3. The zero-order chi connectivity index (χ0) is 26.8. The Morgan fingerprint density at radius 1 is 1.11 bits per heavy atom. The van der Waals surface area contributed by atoms with Gasteiger partial charge in [0.1, 0.15) is 6.07 Å². The number of hydrogen-bond acceptors (Lipinski definition) is 6. The van der Waals surface area contributed by atoms with E-state index < -0.39 is 5.92 Å². The van der Waals surface area contributed by atoms with E-state index in [9.17, 15) is 14.4 Å². The fourth-order valence-corrected chi connectivity index (χ4v) is 5.19. The molecule has 1 heterocycles. The van der Waals surface area contributed by atoms with E-state index in [1.54, 1.807) is 24.5 Å². The van der Waals surface area contributed by atoms with E-state index >= 15 is 0 Å². The minimum atomic E-state index is -0.616. The lowest BCUT2D eigenvalue weighted by Gasteiger charge is -2.22. The van der Waals surface area contributed by atoms with Crippen LogP contribution < -0.4 is 10.6 Å². The predicted molar refractivity (Wildman–Crippen MR) is 146 cm³/mol. The van der Waals surface area contributed by atoms with Crippen molar-refractivity contribution < 1.29 is 14.4 Å². The summed E-state index contributed by atoms with van der Waals surface area (Å²) in [4.78, 5) is 42.7. The van der Waals surface area contributed by atoms with Crippen molar-refractivity contribution in [2.24, 2.45) is 5.92 Å². The summed E-state index contributed by atoms with van der Waals surface area (Å²) in [6.45, 7) is 5.59. The standard InChI is InChI=1S/C29H32N4O3S/c1-4-20-10-12-24-26(15-20)37-28(33-24)17-22(16-27(35)31-3)29(36)32-23(11-13-25(34)19(2)18-30)14-21-8-6-5-7-9-21/h5-10,12,15,22-23H,2,4,11,13-14,16-17H2,1,3H3,(H,31,35)(H,32,36)/t22-,23+/m0/s1. The van der Waals surface area contributed by atoms with Crippen LogP contribution in [-0.4, -0.2) is 35.7 Å². The number of Topliss-reactive ketones (excluding diaryl/α,β-unsaturated/α-hetero) is 1. The van der Waals surface area contributed by atoms with Gasteiger partial charge in [-0.3, -0.25) is 14.4 Å². The number of aryl methyl sites for hydroxylation is 1. The number of nitriles is 1. The minimum Gasteiger partial charge on any atom is -0.359 e. The van der Waals surface area contributed by atoms with Crippen LogP contribution >= 0.6 is 11.3 Å². The van der Waals surface area contributed by atoms with Gasteiger partial charge in [-0.15, -0.1) is 11.3 Å². The predicted octanol–water partition coefficient (Wildman–Crippen LogP) is 4.31. The van der Waals surface area contributed by atoms with E-state index in [-0.39, 0.29) is 42.1 Å². The van der Waals surface area contributed by atoms with E-state index in [1.807, 2.05) is 36.4 Å². The maximum atomic E-state index is 13.5. The molecule has 0 saturated carbocycles. The first kappa shape index (κ1) is 27.8. The Morgan fingerprint density at radius 2 is 1.86 bits per heavy atom. The Labute approximate surface area is 221 Å². The zero-order valence-corrected chi connectivity index (χ0v) is 22.1. The lowest BCUT2D eigenvalue weighted by molar-refractivity contribution is -0.130. The summed E-state index contributed by atoms with van der Waals surface area (Å²) in [5, 5.41) is 15.5. The molecule has 1 aromatic heterocycles. The van der Waals surface area contributed by atoms with Gasteiger partial charge in [0.15, 0.2) is 5.78 Å². The molecule has 3 aromatic rings.